The zero-order valence-corrected chi connectivity index (χ0v) is 12.7. The fourth-order valence-corrected chi connectivity index (χ4v) is 2.70. The molecule has 0 radical (unpaired) electrons. The van der Waals surface area contributed by atoms with E-state index in [-0.39, 0.29) is 23.5 Å². The molecule has 3 N–H and O–H groups in total. The maximum atomic E-state index is 14.0. The number of thiazole rings is 1. The first kappa shape index (κ1) is 14.9. The molecular formula is C15H16FN3O2S. The van der Waals surface area contributed by atoms with Gasteiger partial charge in [-0.2, -0.15) is 0 Å². The molecule has 1 aromatic heterocycles. The first-order valence-corrected chi connectivity index (χ1v) is 7.95. The third-order valence-corrected chi connectivity index (χ3v) is 4.37. The zero-order chi connectivity index (χ0) is 15.5. The van der Waals surface area contributed by atoms with Crippen LogP contribution in [0, 0.1) is 5.82 Å². The van der Waals surface area contributed by atoms with Crippen LogP contribution in [0.1, 0.15) is 34.8 Å². The standard InChI is InChI=1S/C15H16FN3O2S/c16-11-6-9(4-5-13(11)21-10-2-1-3-10)18-15(20)12-8-22-14(7-17)19-12/h4-6,8,10H,1-3,7,17H2,(H,18,20). The van der Waals surface area contributed by atoms with Gasteiger partial charge in [-0.25, -0.2) is 9.37 Å². The fraction of sp³-hybridized carbons (Fsp3) is 0.333. The molecule has 0 unspecified atom stereocenters. The van der Waals surface area contributed by atoms with E-state index in [0.717, 1.165) is 19.3 Å². The van der Waals surface area contributed by atoms with E-state index >= 15 is 0 Å². The third kappa shape index (κ3) is 3.26. The van der Waals surface area contributed by atoms with Crippen LogP contribution in [-0.4, -0.2) is 17.0 Å². The molecule has 1 saturated carbocycles. The highest BCUT2D eigenvalue weighted by Gasteiger charge is 2.20. The summed E-state index contributed by atoms with van der Waals surface area (Å²) in [5.41, 5.74) is 6.11. The van der Waals surface area contributed by atoms with Gasteiger partial charge in [0.15, 0.2) is 11.6 Å². The van der Waals surface area contributed by atoms with Crippen molar-refractivity contribution in [3.63, 3.8) is 0 Å². The van der Waals surface area contributed by atoms with E-state index in [1.165, 1.54) is 23.5 Å². The van der Waals surface area contributed by atoms with E-state index in [1.54, 1.807) is 11.4 Å². The maximum Gasteiger partial charge on any atom is 0.275 e. The Morgan fingerprint density at radius 3 is 2.91 bits per heavy atom. The SMILES string of the molecule is NCc1nc(C(=O)Nc2ccc(OC3CCC3)c(F)c2)cs1. The highest BCUT2D eigenvalue weighted by molar-refractivity contribution is 7.09. The molecule has 0 spiro atoms. The third-order valence-electron chi connectivity index (χ3n) is 3.49. The summed E-state index contributed by atoms with van der Waals surface area (Å²) in [5.74, 6) is -0.643. The summed E-state index contributed by atoms with van der Waals surface area (Å²) in [7, 11) is 0. The van der Waals surface area contributed by atoms with Crippen molar-refractivity contribution in [1.29, 1.82) is 0 Å². The zero-order valence-electron chi connectivity index (χ0n) is 11.8. The van der Waals surface area contributed by atoms with E-state index in [1.807, 2.05) is 0 Å². The molecule has 0 saturated heterocycles. The van der Waals surface area contributed by atoms with Crippen LogP contribution in [0.15, 0.2) is 23.6 Å². The molecule has 0 bridgehead atoms. The number of aromatic nitrogens is 1. The number of hydrogen-bond donors (Lipinski definition) is 2. The van der Waals surface area contributed by atoms with Gasteiger partial charge in [-0.05, 0) is 31.4 Å². The Morgan fingerprint density at radius 2 is 2.32 bits per heavy atom. The second kappa shape index (κ2) is 6.41. The monoisotopic (exact) mass is 321 g/mol. The number of amides is 1. The van der Waals surface area contributed by atoms with Gasteiger partial charge in [-0.1, -0.05) is 0 Å². The van der Waals surface area contributed by atoms with Crippen molar-refractivity contribution in [1.82, 2.24) is 4.98 Å². The molecule has 22 heavy (non-hydrogen) atoms. The predicted octanol–water partition coefficient (Wildman–Crippen LogP) is 2.92. The Morgan fingerprint density at radius 1 is 1.50 bits per heavy atom. The Balaban J connectivity index is 1.66. The molecule has 116 valence electrons. The van der Waals surface area contributed by atoms with E-state index in [9.17, 15) is 9.18 Å². The summed E-state index contributed by atoms with van der Waals surface area (Å²) in [5, 5.41) is 4.92. The van der Waals surface area contributed by atoms with Gasteiger partial charge in [0.2, 0.25) is 0 Å². The van der Waals surface area contributed by atoms with E-state index in [0.29, 0.717) is 17.2 Å². The number of ether oxygens (including phenoxy) is 1. The summed E-state index contributed by atoms with van der Waals surface area (Å²) in [6.45, 7) is 0.291. The molecule has 1 aliphatic rings. The van der Waals surface area contributed by atoms with Crippen LogP contribution in [0.25, 0.3) is 0 Å². The number of benzene rings is 1. The van der Waals surface area contributed by atoms with Gasteiger partial charge < -0.3 is 15.8 Å². The normalized spacial score (nSPS) is 14.5. The van der Waals surface area contributed by atoms with Crippen molar-refractivity contribution in [2.24, 2.45) is 5.73 Å². The number of carbonyl (C=O) groups is 1. The van der Waals surface area contributed by atoms with Crippen molar-refractivity contribution >= 4 is 22.9 Å². The summed E-state index contributed by atoms with van der Waals surface area (Å²) in [6, 6.07) is 4.41. The van der Waals surface area contributed by atoms with E-state index in [2.05, 4.69) is 10.3 Å². The lowest BCUT2D eigenvalue weighted by atomic mass is 9.96. The lowest BCUT2D eigenvalue weighted by Crippen LogP contribution is -2.25. The average Bonchev–Trinajstić information content (AvgIpc) is 2.93. The second-order valence-electron chi connectivity index (χ2n) is 5.10. The molecule has 1 heterocycles. The first-order chi connectivity index (χ1) is 10.7. The number of hydrogen-bond acceptors (Lipinski definition) is 5. The largest absolute Gasteiger partial charge is 0.487 e. The summed E-state index contributed by atoms with van der Waals surface area (Å²) in [4.78, 5) is 16.1. The van der Waals surface area contributed by atoms with Crippen molar-refractivity contribution in [2.45, 2.75) is 31.9 Å². The molecule has 0 aliphatic heterocycles. The Hall–Kier alpha value is -1.99. The molecule has 3 rings (SSSR count). The Kier molecular flexibility index (Phi) is 4.35. The van der Waals surface area contributed by atoms with Gasteiger partial charge in [0.25, 0.3) is 5.91 Å². The molecular weight excluding hydrogens is 305 g/mol. The van der Waals surface area contributed by atoms with Gasteiger partial charge in [-0.3, -0.25) is 4.79 Å². The molecule has 0 atom stereocenters. The predicted molar refractivity (Wildman–Crippen MR) is 82.6 cm³/mol. The van der Waals surface area contributed by atoms with Crippen molar-refractivity contribution in [3.05, 3.63) is 40.1 Å². The van der Waals surface area contributed by atoms with Crippen molar-refractivity contribution < 1.29 is 13.9 Å². The molecule has 7 heteroatoms. The molecule has 2 aromatic rings. The molecule has 1 aromatic carbocycles. The summed E-state index contributed by atoms with van der Waals surface area (Å²) >= 11 is 1.32. The number of rotatable bonds is 5. The summed E-state index contributed by atoms with van der Waals surface area (Å²) in [6.07, 6.45) is 3.16. The van der Waals surface area contributed by atoms with E-state index in [4.69, 9.17) is 10.5 Å². The smallest absolute Gasteiger partial charge is 0.275 e. The average molecular weight is 321 g/mol. The molecule has 1 aliphatic carbocycles. The van der Waals surface area contributed by atoms with Crippen molar-refractivity contribution in [2.75, 3.05) is 5.32 Å². The van der Waals surface area contributed by atoms with E-state index < -0.39 is 5.82 Å². The van der Waals surface area contributed by atoms with Crippen LogP contribution in [0.5, 0.6) is 5.75 Å². The number of carbonyl (C=O) groups excluding carboxylic acids is 1. The topological polar surface area (TPSA) is 77.2 Å². The number of nitrogens with one attached hydrogen (secondary N) is 1. The lowest BCUT2D eigenvalue weighted by molar-refractivity contribution is 0.102. The Labute approximate surface area is 131 Å². The minimum absolute atomic E-state index is 0.111. The quantitative estimate of drug-likeness (QED) is 0.887. The molecule has 1 amide bonds. The Bertz CT molecular complexity index is 685. The van der Waals surface area contributed by atoms with Gasteiger partial charge >= 0.3 is 0 Å². The van der Waals surface area contributed by atoms with Gasteiger partial charge in [0, 0.05) is 23.7 Å². The van der Waals surface area contributed by atoms with Crippen LogP contribution < -0.4 is 15.8 Å². The van der Waals surface area contributed by atoms with Gasteiger partial charge in [-0.15, -0.1) is 11.3 Å². The second-order valence-corrected chi connectivity index (χ2v) is 6.04. The van der Waals surface area contributed by atoms with Crippen LogP contribution in [0.2, 0.25) is 0 Å². The highest BCUT2D eigenvalue weighted by Crippen LogP contribution is 2.28. The fourth-order valence-electron chi connectivity index (χ4n) is 2.05. The molecule has 5 nitrogen and oxygen atoms in total. The van der Waals surface area contributed by atoms with Gasteiger partial charge in [0.05, 0.1) is 6.10 Å². The number of halogens is 1. The lowest BCUT2D eigenvalue weighted by Gasteiger charge is -2.26. The van der Waals surface area contributed by atoms with Crippen LogP contribution in [-0.2, 0) is 6.54 Å². The van der Waals surface area contributed by atoms with Gasteiger partial charge in [0.1, 0.15) is 10.7 Å². The number of nitrogens with zero attached hydrogens (tertiary/aromatic N) is 1. The maximum absolute atomic E-state index is 14.0. The number of nitrogens with two attached hydrogens (primary N) is 1. The van der Waals surface area contributed by atoms with Crippen LogP contribution in [0.3, 0.4) is 0 Å². The van der Waals surface area contributed by atoms with Crippen molar-refractivity contribution in [3.8, 4) is 5.75 Å². The van der Waals surface area contributed by atoms with Crippen LogP contribution >= 0.6 is 11.3 Å². The molecule has 1 fully saturated rings. The van der Waals surface area contributed by atoms with Crippen LogP contribution in [0.4, 0.5) is 10.1 Å². The minimum atomic E-state index is -0.481. The first-order valence-electron chi connectivity index (χ1n) is 7.07. The summed E-state index contributed by atoms with van der Waals surface area (Å²) < 4.78 is 19.5. The highest BCUT2D eigenvalue weighted by atomic mass is 32.1. The number of anilines is 1. The minimum Gasteiger partial charge on any atom is -0.487 e.